The first-order valence-electron chi connectivity index (χ1n) is 3.64. The number of aromatic nitrogens is 2. The third-order valence-corrected chi connectivity index (χ3v) is 4.53. The smallest absolute Gasteiger partial charge is 0.169 e. The van der Waals surface area contributed by atoms with Gasteiger partial charge in [-0.1, -0.05) is 25.6 Å². The predicted molar refractivity (Wildman–Crippen MR) is 58.3 cm³/mol. The zero-order valence-electron chi connectivity index (χ0n) is 7.15. The maximum atomic E-state index is 4.29. The summed E-state index contributed by atoms with van der Waals surface area (Å²) >= 11 is 7.49. The van der Waals surface area contributed by atoms with Gasteiger partial charge in [0.25, 0.3) is 0 Å². The number of rotatable bonds is 4. The van der Waals surface area contributed by atoms with E-state index in [-0.39, 0.29) is 5.41 Å². The lowest BCUT2D eigenvalue weighted by Gasteiger charge is -2.19. The number of hydrogen-bond donors (Lipinski definition) is 1. The lowest BCUT2D eigenvalue weighted by atomic mass is 10.0. The number of thioether (sulfide) groups is 1. The summed E-state index contributed by atoms with van der Waals surface area (Å²) in [5, 5.41) is 0. The van der Waals surface area contributed by atoms with E-state index in [4.69, 9.17) is 0 Å². The molecule has 0 fully saturated rings. The molecule has 1 heterocycles. The molecule has 0 aliphatic rings. The van der Waals surface area contributed by atoms with Gasteiger partial charge in [0.15, 0.2) is 4.34 Å². The molecule has 1 rings (SSSR count). The highest BCUT2D eigenvalue weighted by Gasteiger charge is 2.16. The summed E-state index contributed by atoms with van der Waals surface area (Å²) in [4.78, 5) is 4.10. The highest BCUT2D eigenvalue weighted by Crippen LogP contribution is 2.28. The van der Waals surface area contributed by atoms with Crippen molar-refractivity contribution in [3.63, 3.8) is 0 Å². The second-order valence-electron chi connectivity index (χ2n) is 3.32. The van der Waals surface area contributed by atoms with Gasteiger partial charge in [-0.25, -0.2) is 4.98 Å². The predicted octanol–water partition coefficient (Wildman–Crippen LogP) is 2.59. The van der Waals surface area contributed by atoms with Gasteiger partial charge in [0, 0.05) is 5.75 Å². The van der Waals surface area contributed by atoms with E-state index in [1.165, 1.54) is 11.5 Å². The van der Waals surface area contributed by atoms with E-state index in [0.29, 0.717) is 0 Å². The minimum absolute atomic E-state index is 0.277. The Kier molecular flexibility index (Phi) is 3.86. The standard InChI is InChI=1S/C7H12N2S3/c1-7(2,3-10)4-11-6-8-5-9-12-6/h5,10H,3-4H2,1-2H3. The molecule has 0 aromatic carbocycles. The Morgan fingerprint density at radius 1 is 1.67 bits per heavy atom. The van der Waals surface area contributed by atoms with Gasteiger partial charge >= 0.3 is 0 Å². The average Bonchev–Trinajstić information content (AvgIpc) is 2.53. The van der Waals surface area contributed by atoms with Crippen molar-refractivity contribution in [3.05, 3.63) is 6.33 Å². The second kappa shape index (κ2) is 4.48. The topological polar surface area (TPSA) is 25.8 Å². The molecule has 12 heavy (non-hydrogen) atoms. The van der Waals surface area contributed by atoms with Crippen LogP contribution in [-0.2, 0) is 0 Å². The SMILES string of the molecule is CC(C)(CS)CSc1ncns1. The fourth-order valence-corrected chi connectivity index (χ4v) is 2.33. The summed E-state index contributed by atoms with van der Waals surface area (Å²) in [6, 6.07) is 0. The first kappa shape index (κ1) is 10.3. The first-order valence-corrected chi connectivity index (χ1v) is 6.03. The molecule has 5 heteroatoms. The molecular weight excluding hydrogens is 208 g/mol. The van der Waals surface area contributed by atoms with E-state index in [1.54, 1.807) is 18.1 Å². The Morgan fingerprint density at radius 2 is 2.42 bits per heavy atom. The van der Waals surface area contributed by atoms with Gasteiger partial charge in [-0.3, -0.25) is 0 Å². The van der Waals surface area contributed by atoms with E-state index < -0.39 is 0 Å². The van der Waals surface area contributed by atoms with Crippen LogP contribution in [0.1, 0.15) is 13.8 Å². The fourth-order valence-electron chi connectivity index (χ4n) is 0.529. The van der Waals surface area contributed by atoms with Crippen LogP contribution in [0.4, 0.5) is 0 Å². The van der Waals surface area contributed by atoms with Crippen molar-refractivity contribution in [2.75, 3.05) is 11.5 Å². The molecule has 0 spiro atoms. The minimum Gasteiger partial charge on any atom is -0.216 e. The monoisotopic (exact) mass is 220 g/mol. The van der Waals surface area contributed by atoms with Gasteiger partial charge in [-0.15, -0.1) is 0 Å². The minimum atomic E-state index is 0.277. The van der Waals surface area contributed by atoms with E-state index in [0.717, 1.165) is 15.8 Å². The van der Waals surface area contributed by atoms with E-state index in [9.17, 15) is 0 Å². The molecule has 0 N–H and O–H groups in total. The Bertz CT molecular complexity index is 221. The van der Waals surface area contributed by atoms with Crippen LogP contribution in [0.5, 0.6) is 0 Å². The lowest BCUT2D eigenvalue weighted by Crippen LogP contribution is -2.16. The zero-order chi connectivity index (χ0) is 9.03. The Hall–Kier alpha value is 0.260. The van der Waals surface area contributed by atoms with E-state index in [1.807, 2.05) is 0 Å². The summed E-state index contributed by atoms with van der Waals surface area (Å²) < 4.78 is 4.99. The van der Waals surface area contributed by atoms with Crippen LogP contribution in [0, 0.1) is 5.41 Å². The molecular formula is C7H12N2S3. The van der Waals surface area contributed by atoms with Crippen LogP contribution in [0.2, 0.25) is 0 Å². The quantitative estimate of drug-likeness (QED) is 0.624. The van der Waals surface area contributed by atoms with Gasteiger partial charge in [0.1, 0.15) is 6.33 Å². The zero-order valence-corrected chi connectivity index (χ0v) is 9.68. The van der Waals surface area contributed by atoms with Gasteiger partial charge in [-0.05, 0) is 22.7 Å². The highest BCUT2D eigenvalue weighted by molar-refractivity contribution is 8.01. The van der Waals surface area contributed by atoms with Crippen molar-refractivity contribution in [1.29, 1.82) is 0 Å². The largest absolute Gasteiger partial charge is 0.216 e. The molecule has 0 radical (unpaired) electrons. The molecule has 1 aromatic rings. The van der Waals surface area contributed by atoms with Crippen molar-refractivity contribution in [2.24, 2.45) is 5.41 Å². The fraction of sp³-hybridized carbons (Fsp3) is 0.714. The maximum Gasteiger partial charge on any atom is 0.169 e. The van der Waals surface area contributed by atoms with E-state index in [2.05, 4.69) is 35.8 Å². The Balaban J connectivity index is 2.36. The van der Waals surface area contributed by atoms with Crippen molar-refractivity contribution >= 4 is 35.9 Å². The van der Waals surface area contributed by atoms with Crippen LogP contribution < -0.4 is 0 Å². The van der Waals surface area contributed by atoms with Crippen LogP contribution in [0.15, 0.2) is 10.7 Å². The van der Waals surface area contributed by atoms with Crippen molar-refractivity contribution < 1.29 is 0 Å². The molecule has 68 valence electrons. The molecule has 1 aromatic heterocycles. The van der Waals surface area contributed by atoms with Crippen LogP contribution in [0.3, 0.4) is 0 Å². The first-order chi connectivity index (χ1) is 5.64. The van der Waals surface area contributed by atoms with Crippen LogP contribution in [0.25, 0.3) is 0 Å². The van der Waals surface area contributed by atoms with Gasteiger partial charge < -0.3 is 0 Å². The van der Waals surface area contributed by atoms with Gasteiger partial charge in [-0.2, -0.15) is 17.0 Å². The molecule has 0 saturated carbocycles. The molecule has 0 bridgehead atoms. The molecule has 0 aliphatic heterocycles. The number of thiol groups is 1. The molecule has 0 aliphatic carbocycles. The van der Waals surface area contributed by atoms with Crippen molar-refractivity contribution in [2.45, 2.75) is 18.2 Å². The van der Waals surface area contributed by atoms with Gasteiger partial charge in [0.2, 0.25) is 0 Å². The van der Waals surface area contributed by atoms with Crippen LogP contribution in [-0.4, -0.2) is 20.9 Å². The summed E-state index contributed by atoms with van der Waals surface area (Å²) in [5.74, 6) is 1.95. The van der Waals surface area contributed by atoms with Gasteiger partial charge in [0.05, 0.1) is 0 Å². The molecule has 0 unspecified atom stereocenters. The van der Waals surface area contributed by atoms with Crippen LogP contribution >= 0.6 is 35.9 Å². The van der Waals surface area contributed by atoms with E-state index >= 15 is 0 Å². The normalized spacial score (nSPS) is 11.9. The summed E-state index contributed by atoms with van der Waals surface area (Å²) in [7, 11) is 0. The molecule has 0 saturated heterocycles. The maximum absolute atomic E-state index is 4.29. The summed E-state index contributed by atoms with van der Waals surface area (Å²) in [6.07, 6.45) is 1.60. The third kappa shape index (κ3) is 3.33. The molecule has 0 amide bonds. The number of nitrogens with zero attached hydrogens (tertiary/aromatic N) is 2. The average molecular weight is 220 g/mol. The highest BCUT2D eigenvalue weighted by atomic mass is 32.2. The van der Waals surface area contributed by atoms with Crippen molar-refractivity contribution in [1.82, 2.24) is 9.36 Å². The molecule has 2 nitrogen and oxygen atoms in total. The summed E-state index contributed by atoms with van der Waals surface area (Å²) in [6.45, 7) is 4.40. The lowest BCUT2D eigenvalue weighted by molar-refractivity contribution is 0.493. The van der Waals surface area contributed by atoms with Crippen molar-refractivity contribution in [3.8, 4) is 0 Å². The Labute approximate surface area is 86.8 Å². The molecule has 0 atom stereocenters. The number of hydrogen-bond acceptors (Lipinski definition) is 5. The summed E-state index contributed by atoms with van der Waals surface area (Å²) in [5.41, 5.74) is 0.277. The Morgan fingerprint density at radius 3 is 2.92 bits per heavy atom. The second-order valence-corrected chi connectivity index (χ2v) is 5.64. The third-order valence-electron chi connectivity index (χ3n) is 1.36.